The first-order chi connectivity index (χ1) is 7.15. The molecule has 0 bridgehead atoms. The summed E-state index contributed by atoms with van der Waals surface area (Å²) in [6, 6.07) is 0. The van der Waals surface area contributed by atoms with Crippen molar-refractivity contribution in [1.82, 2.24) is 0 Å². The number of carboxylic acids is 1. The number of carbonyl (C=O) groups is 1. The van der Waals surface area contributed by atoms with Crippen LogP contribution in [0.2, 0.25) is 0 Å². The molecule has 0 aliphatic carbocycles. The maximum atomic E-state index is 10.2. The fourth-order valence-corrected chi connectivity index (χ4v) is 1.11. The standard InChI is InChI=1S/C10H20O2.C3H8O/c1-10(2,3)8-6-4-5-7-9(11)12;1-3(2)4/h4-8H2,1-3H3,(H,11,12);3-4H,1-2H3. The Morgan fingerprint density at radius 1 is 1.12 bits per heavy atom. The molecule has 3 nitrogen and oxygen atoms in total. The van der Waals surface area contributed by atoms with Gasteiger partial charge >= 0.3 is 5.97 Å². The van der Waals surface area contributed by atoms with Gasteiger partial charge in [0.15, 0.2) is 0 Å². The van der Waals surface area contributed by atoms with Crippen LogP contribution in [-0.4, -0.2) is 22.3 Å². The van der Waals surface area contributed by atoms with Crippen LogP contribution in [0.25, 0.3) is 0 Å². The van der Waals surface area contributed by atoms with Crippen molar-refractivity contribution in [2.24, 2.45) is 5.41 Å². The predicted octanol–water partition coefficient (Wildman–Crippen LogP) is 3.45. The molecule has 0 aliphatic rings. The van der Waals surface area contributed by atoms with Crippen LogP contribution in [0, 0.1) is 5.41 Å². The van der Waals surface area contributed by atoms with E-state index in [0.29, 0.717) is 11.8 Å². The first kappa shape index (κ1) is 17.8. The Morgan fingerprint density at radius 2 is 1.56 bits per heavy atom. The Bertz CT molecular complexity index is 166. The van der Waals surface area contributed by atoms with Crippen molar-refractivity contribution in [1.29, 1.82) is 0 Å². The summed E-state index contributed by atoms with van der Waals surface area (Å²) in [4.78, 5) is 10.2. The largest absolute Gasteiger partial charge is 0.481 e. The Hall–Kier alpha value is -0.570. The summed E-state index contributed by atoms with van der Waals surface area (Å²) >= 11 is 0. The van der Waals surface area contributed by atoms with Crippen molar-refractivity contribution >= 4 is 5.97 Å². The molecule has 0 saturated heterocycles. The van der Waals surface area contributed by atoms with E-state index in [9.17, 15) is 4.79 Å². The molecule has 0 rings (SSSR count). The normalized spacial score (nSPS) is 10.9. The minimum Gasteiger partial charge on any atom is -0.481 e. The van der Waals surface area contributed by atoms with Crippen LogP contribution in [0.1, 0.15) is 66.7 Å². The SMILES string of the molecule is CC(C)(C)CCCCCC(=O)O.CC(C)O. The van der Waals surface area contributed by atoms with Gasteiger partial charge in [0.1, 0.15) is 0 Å². The zero-order chi connectivity index (χ0) is 13.2. The molecule has 0 fully saturated rings. The number of aliphatic carboxylic acids is 1. The predicted molar refractivity (Wildman–Crippen MR) is 67.5 cm³/mol. The zero-order valence-electron chi connectivity index (χ0n) is 11.4. The molecule has 16 heavy (non-hydrogen) atoms. The molecule has 0 amide bonds. The average molecular weight is 232 g/mol. The van der Waals surface area contributed by atoms with E-state index in [2.05, 4.69) is 20.8 Å². The van der Waals surface area contributed by atoms with E-state index >= 15 is 0 Å². The van der Waals surface area contributed by atoms with Crippen LogP contribution < -0.4 is 0 Å². The summed E-state index contributed by atoms with van der Waals surface area (Å²) in [6.45, 7) is 10.1. The smallest absolute Gasteiger partial charge is 0.303 e. The molecule has 98 valence electrons. The second-order valence-electron chi connectivity index (χ2n) is 5.61. The van der Waals surface area contributed by atoms with Crippen molar-refractivity contribution < 1.29 is 15.0 Å². The molecule has 0 spiro atoms. The Labute approximate surface area is 99.9 Å². The highest BCUT2D eigenvalue weighted by Crippen LogP contribution is 2.22. The number of hydrogen-bond acceptors (Lipinski definition) is 2. The topological polar surface area (TPSA) is 57.5 Å². The summed E-state index contributed by atoms with van der Waals surface area (Å²) in [5.41, 5.74) is 0.392. The van der Waals surface area contributed by atoms with Crippen LogP contribution in [-0.2, 0) is 4.79 Å². The second-order valence-corrected chi connectivity index (χ2v) is 5.61. The minimum atomic E-state index is -0.675. The van der Waals surface area contributed by atoms with E-state index in [1.165, 1.54) is 6.42 Å². The summed E-state index contributed by atoms with van der Waals surface area (Å²) in [7, 11) is 0. The first-order valence-corrected chi connectivity index (χ1v) is 6.05. The highest BCUT2D eigenvalue weighted by atomic mass is 16.4. The van der Waals surface area contributed by atoms with Gasteiger partial charge in [0, 0.05) is 12.5 Å². The van der Waals surface area contributed by atoms with E-state index in [1.54, 1.807) is 13.8 Å². The zero-order valence-corrected chi connectivity index (χ0v) is 11.4. The molecule has 0 aromatic heterocycles. The molecule has 0 unspecified atom stereocenters. The van der Waals surface area contributed by atoms with Crippen LogP contribution in [0.4, 0.5) is 0 Å². The van der Waals surface area contributed by atoms with Gasteiger partial charge in [0.25, 0.3) is 0 Å². The molecule has 0 aromatic carbocycles. The third kappa shape index (κ3) is 29.2. The third-order valence-corrected chi connectivity index (χ3v) is 1.82. The van der Waals surface area contributed by atoms with Gasteiger partial charge in [-0.1, -0.05) is 33.6 Å². The lowest BCUT2D eigenvalue weighted by atomic mass is 9.89. The number of carboxylic acid groups (broad SMARTS) is 1. The summed E-state index contributed by atoms with van der Waals surface area (Å²) in [5, 5.41) is 16.4. The Kier molecular flexibility index (Phi) is 10.7. The lowest BCUT2D eigenvalue weighted by Gasteiger charge is -2.17. The molecular weight excluding hydrogens is 204 g/mol. The molecule has 3 heteroatoms. The Balaban J connectivity index is 0. The molecule has 0 aliphatic heterocycles. The van der Waals surface area contributed by atoms with Gasteiger partial charge in [0.2, 0.25) is 0 Å². The third-order valence-electron chi connectivity index (χ3n) is 1.82. The first-order valence-electron chi connectivity index (χ1n) is 6.05. The number of hydrogen-bond donors (Lipinski definition) is 2. The van der Waals surface area contributed by atoms with Crippen LogP contribution in [0.15, 0.2) is 0 Å². The van der Waals surface area contributed by atoms with Gasteiger partial charge < -0.3 is 10.2 Å². The molecule has 2 N–H and O–H groups in total. The minimum absolute atomic E-state index is 0.167. The number of aliphatic hydroxyl groups excluding tert-OH is 1. The molecule has 0 radical (unpaired) electrons. The van der Waals surface area contributed by atoms with E-state index in [4.69, 9.17) is 10.2 Å². The summed E-state index contributed by atoms with van der Waals surface area (Å²) in [6.07, 6.45) is 4.36. The molecule has 0 aromatic rings. The van der Waals surface area contributed by atoms with Crippen molar-refractivity contribution in [2.45, 2.75) is 72.8 Å². The highest BCUT2D eigenvalue weighted by molar-refractivity contribution is 5.66. The van der Waals surface area contributed by atoms with Gasteiger partial charge in [0.05, 0.1) is 0 Å². The fourth-order valence-electron chi connectivity index (χ4n) is 1.11. The number of aliphatic hydroxyl groups is 1. The summed E-state index contributed by atoms with van der Waals surface area (Å²) in [5.74, 6) is -0.675. The van der Waals surface area contributed by atoms with Crippen molar-refractivity contribution in [3.63, 3.8) is 0 Å². The van der Waals surface area contributed by atoms with Gasteiger partial charge in [-0.15, -0.1) is 0 Å². The molecule has 0 saturated carbocycles. The summed E-state index contributed by atoms with van der Waals surface area (Å²) < 4.78 is 0. The van der Waals surface area contributed by atoms with Gasteiger partial charge in [-0.2, -0.15) is 0 Å². The van der Waals surface area contributed by atoms with Gasteiger partial charge in [-0.05, 0) is 32.1 Å². The fraction of sp³-hybridized carbons (Fsp3) is 0.923. The molecule has 0 heterocycles. The van der Waals surface area contributed by atoms with Crippen molar-refractivity contribution in [2.75, 3.05) is 0 Å². The number of rotatable bonds is 5. The van der Waals surface area contributed by atoms with Crippen LogP contribution in [0.5, 0.6) is 0 Å². The lowest BCUT2D eigenvalue weighted by Crippen LogP contribution is -2.04. The van der Waals surface area contributed by atoms with E-state index < -0.39 is 5.97 Å². The van der Waals surface area contributed by atoms with E-state index in [1.807, 2.05) is 0 Å². The highest BCUT2D eigenvalue weighted by Gasteiger charge is 2.08. The van der Waals surface area contributed by atoms with Gasteiger partial charge in [-0.3, -0.25) is 4.79 Å². The quantitative estimate of drug-likeness (QED) is 0.714. The maximum Gasteiger partial charge on any atom is 0.303 e. The average Bonchev–Trinajstić information content (AvgIpc) is 1.99. The molecule has 0 atom stereocenters. The monoisotopic (exact) mass is 232 g/mol. The van der Waals surface area contributed by atoms with Crippen molar-refractivity contribution in [3.05, 3.63) is 0 Å². The number of unbranched alkanes of at least 4 members (excludes halogenated alkanes) is 2. The van der Waals surface area contributed by atoms with E-state index in [0.717, 1.165) is 19.3 Å². The molecular formula is C13H28O3. The van der Waals surface area contributed by atoms with Crippen LogP contribution >= 0.6 is 0 Å². The van der Waals surface area contributed by atoms with Crippen molar-refractivity contribution in [3.8, 4) is 0 Å². The maximum absolute atomic E-state index is 10.2. The van der Waals surface area contributed by atoms with E-state index in [-0.39, 0.29) is 6.10 Å². The van der Waals surface area contributed by atoms with Gasteiger partial charge in [-0.25, -0.2) is 0 Å². The van der Waals surface area contributed by atoms with Crippen LogP contribution in [0.3, 0.4) is 0 Å². The lowest BCUT2D eigenvalue weighted by molar-refractivity contribution is -0.137. The second kappa shape index (κ2) is 9.64. The Morgan fingerprint density at radius 3 is 1.88 bits per heavy atom.